The second kappa shape index (κ2) is 12.7. The molecule has 0 aromatic rings. The quantitative estimate of drug-likeness (QED) is 0.341. The fourth-order valence-electron chi connectivity index (χ4n) is 5.03. The van der Waals surface area contributed by atoms with Gasteiger partial charge in [0.2, 0.25) is 0 Å². The van der Waals surface area contributed by atoms with Crippen molar-refractivity contribution >= 4 is 12.1 Å². The molecule has 0 aromatic heterocycles. The fraction of sp³-hybridized carbons (Fsp3) is 0.913. The molecular weight excluding hydrogens is 410 g/mol. The summed E-state index contributed by atoms with van der Waals surface area (Å²) in [7, 11) is 1.43. The van der Waals surface area contributed by atoms with Gasteiger partial charge in [-0.15, -0.1) is 0 Å². The number of carbonyl (C=O) groups is 2. The molecule has 0 radical (unpaired) electrons. The molecule has 3 aliphatic rings. The number of esters is 1. The summed E-state index contributed by atoms with van der Waals surface area (Å²) in [6.07, 6.45) is 3.45. The first-order valence-corrected chi connectivity index (χ1v) is 12.5. The van der Waals surface area contributed by atoms with Gasteiger partial charge in [-0.2, -0.15) is 0 Å². The van der Waals surface area contributed by atoms with Crippen LogP contribution >= 0.6 is 0 Å². The number of rotatable bonds is 11. The Morgan fingerprint density at radius 2 is 1.47 bits per heavy atom. The van der Waals surface area contributed by atoms with Crippen molar-refractivity contribution in [2.75, 3.05) is 85.6 Å². The Balaban J connectivity index is 1.33. The molecule has 2 unspecified atom stereocenters. The molecule has 3 fully saturated rings. The second-order valence-electron chi connectivity index (χ2n) is 9.30. The number of piperazine rings is 2. The SMILES string of the molecule is CCCN1CCN(CCCCN2C(=O)OC(N3CCN(CCC(=O)OC)CC3)C2C)CC1. The normalized spacial score (nSPS) is 26.5. The number of cyclic esters (lactones) is 1. The Morgan fingerprint density at radius 3 is 2.09 bits per heavy atom. The van der Waals surface area contributed by atoms with E-state index in [1.807, 2.05) is 4.90 Å². The Labute approximate surface area is 193 Å². The van der Waals surface area contributed by atoms with Gasteiger partial charge in [-0.25, -0.2) is 4.79 Å². The summed E-state index contributed by atoms with van der Waals surface area (Å²) in [5.74, 6) is -0.167. The minimum Gasteiger partial charge on any atom is -0.469 e. The van der Waals surface area contributed by atoms with Crippen LogP contribution in [0.3, 0.4) is 0 Å². The van der Waals surface area contributed by atoms with Crippen molar-refractivity contribution in [2.24, 2.45) is 0 Å². The first-order valence-electron chi connectivity index (χ1n) is 12.5. The average molecular weight is 454 g/mol. The maximum absolute atomic E-state index is 12.5. The van der Waals surface area contributed by atoms with Crippen LogP contribution in [-0.2, 0) is 14.3 Å². The van der Waals surface area contributed by atoms with E-state index >= 15 is 0 Å². The number of ether oxygens (including phenoxy) is 2. The van der Waals surface area contributed by atoms with Crippen molar-refractivity contribution in [3.63, 3.8) is 0 Å². The average Bonchev–Trinajstić information content (AvgIpc) is 3.10. The summed E-state index contributed by atoms with van der Waals surface area (Å²) >= 11 is 0. The topological polar surface area (TPSA) is 68.8 Å². The van der Waals surface area contributed by atoms with E-state index in [9.17, 15) is 9.59 Å². The van der Waals surface area contributed by atoms with E-state index in [0.29, 0.717) is 6.42 Å². The molecule has 0 bridgehead atoms. The van der Waals surface area contributed by atoms with Crippen LogP contribution in [-0.4, -0.2) is 134 Å². The van der Waals surface area contributed by atoms with Crippen molar-refractivity contribution in [1.29, 1.82) is 0 Å². The molecule has 3 saturated heterocycles. The van der Waals surface area contributed by atoms with E-state index in [1.165, 1.54) is 33.2 Å². The second-order valence-corrected chi connectivity index (χ2v) is 9.30. The van der Waals surface area contributed by atoms with Crippen LogP contribution in [0, 0.1) is 0 Å². The fourth-order valence-corrected chi connectivity index (χ4v) is 5.03. The van der Waals surface area contributed by atoms with Crippen LogP contribution in [0.15, 0.2) is 0 Å². The molecule has 3 rings (SSSR count). The number of hydrogen-bond donors (Lipinski definition) is 0. The van der Waals surface area contributed by atoms with Crippen LogP contribution in [0.5, 0.6) is 0 Å². The predicted octanol–water partition coefficient (Wildman–Crippen LogP) is 1.14. The van der Waals surface area contributed by atoms with Gasteiger partial charge in [0.15, 0.2) is 6.23 Å². The molecular formula is C23H43N5O4. The van der Waals surface area contributed by atoms with Crippen LogP contribution in [0.4, 0.5) is 4.79 Å². The van der Waals surface area contributed by atoms with E-state index in [4.69, 9.17) is 9.47 Å². The lowest BCUT2D eigenvalue weighted by atomic mass is 10.2. The third kappa shape index (κ3) is 7.04. The molecule has 0 spiro atoms. The first kappa shape index (κ1) is 25.2. The van der Waals surface area contributed by atoms with Gasteiger partial charge >= 0.3 is 12.1 Å². The molecule has 2 atom stereocenters. The van der Waals surface area contributed by atoms with Gasteiger partial charge < -0.3 is 29.1 Å². The molecule has 0 aliphatic carbocycles. The van der Waals surface area contributed by atoms with E-state index in [2.05, 4.69) is 33.4 Å². The van der Waals surface area contributed by atoms with E-state index in [1.54, 1.807) is 0 Å². The lowest BCUT2D eigenvalue weighted by molar-refractivity contribution is -0.141. The molecule has 0 aromatic carbocycles. The first-order chi connectivity index (χ1) is 15.5. The van der Waals surface area contributed by atoms with Crippen LogP contribution in [0.1, 0.15) is 39.5 Å². The Bertz CT molecular complexity index is 591. The number of carbonyl (C=O) groups excluding carboxylic acids is 2. The monoisotopic (exact) mass is 453 g/mol. The number of nitrogens with zero attached hydrogens (tertiary/aromatic N) is 5. The highest BCUT2D eigenvalue weighted by molar-refractivity contribution is 5.70. The molecule has 0 saturated carbocycles. The lowest BCUT2D eigenvalue weighted by Crippen LogP contribution is -2.53. The minimum atomic E-state index is -0.177. The van der Waals surface area contributed by atoms with Crippen LogP contribution in [0.25, 0.3) is 0 Å². The van der Waals surface area contributed by atoms with Gasteiger partial charge in [-0.05, 0) is 39.3 Å². The van der Waals surface area contributed by atoms with Crippen molar-refractivity contribution in [3.8, 4) is 0 Å². The third-order valence-corrected chi connectivity index (χ3v) is 7.12. The Hall–Kier alpha value is -1.42. The van der Waals surface area contributed by atoms with Gasteiger partial charge in [0.25, 0.3) is 0 Å². The maximum atomic E-state index is 12.5. The highest BCUT2D eigenvalue weighted by atomic mass is 16.6. The smallest absolute Gasteiger partial charge is 0.411 e. The summed E-state index contributed by atoms with van der Waals surface area (Å²) in [5, 5.41) is 0. The number of hydrogen-bond acceptors (Lipinski definition) is 8. The lowest BCUT2D eigenvalue weighted by Gasteiger charge is -2.38. The minimum absolute atomic E-state index is 0.0710. The summed E-state index contributed by atoms with van der Waals surface area (Å²) in [6.45, 7) is 16.3. The maximum Gasteiger partial charge on any atom is 0.411 e. The van der Waals surface area contributed by atoms with Gasteiger partial charge in [-0.3, -0.25) is 9.69 Å². The van der Waals surface area contributed by atoms with Gasteiger partial charge in [0.1, 0.15) is 0 Å². The highest BCUT2D eigenvalue weighted by Crippen LogP contribution is 2.24. The van der Waals surface area contributed by atoms with E-state index in [-0.39, 0.29) is 24.3 Å². The zero-order valence-corrected chi connectivity index (χ0v) is 20.3. The zero-order chi connectivity index (χ0) is 22.9. The summed E-state index contributed by atoms with van der Waals surface area (Å²) in [4.78, 5) is 35.4. The molecule has 184 valence electrons. The predicted molar refractivity (Wildman–Crippen MR) is 123 cm³/mol. The Morgan fingerprint density at radius 1 is 0.906 bits per heavy atom. The van der Waals surface area contributed by atoms with E-state index < -0.39 is 0 Å². The standard InChI is InChI=1S/C23H43N5O4/c1-4-8-24-12-14-25(15-13-24)9-5-6-10-28-20(2)22(32-23(28)30)27-18-16-26(17-19-27)11-7-21(29)31-3/h20,22H,4-19H2,1-3H3. The van der Waals surface area contributed by atoms with Crippen molar-refractivity contribution < 1.29 is 19.1 Å². The molecule has 3 aliphatic heterocycles. The largest absolute Gasteiger partial charge is 0.469 e. The number of amides is 1. The Kier molecular flexibility index (Phi) is 10.0. The van der Waals surface area contributed by atoms with E-state index in [0.717, 1.165) is 71.7 Å². The molecule has 32 heavy (non-hydrogen) atoms. The van der Waals surface area contributed by atoms with Crippen molar-refractivity contribution in [2.45, 2.75) is 51.8 Å². The summed E-state index contributed by atoms with van der Waals surface area (Å²) < 4.78 is 10.5. The molecule has 9 heteroatoms. The summed E-state index contributed by atoms with van der Waals surface area (Å²) in [5.41, 5.74) is 0. The number of unbranched alkanes of at least 4 members (excludes halogenated alkanes) is 1. The molecule has 3 heterocycles. The highest BCUT2D eigenvalue weighted by Gasteiger charge is 2.42. The molecule has 0 N–H and O–H groups in total. The molecule has 9 nitrogen and oxygen atoms in total. The van der Waals surface area contributed by atoms with Crippen molar-refractivity contribution in [1.82, 2.24) is 24.5 Å². The van der Waals surface area contributed by atoms with Crippen LogP contribution < -0.4 is 0 Å². The van der Waals surface area contributed by atoms with Gasteiger partial charge in [0, 0.05) is 65.4 Å². The van der Waals surface area contributed by atoms with Crippen molar-refractivity contribution in [3.05, 3.63) is 0 Å². The zero-order valence-electron chi connectivity index (χ0n) is 20.3. The number of methoxy groups -OCH3 is 1. The summed E-state index contributed by atoms with van der Waals surface area (Å²) in [6, 6.07) is 0.0710. The molecule has 1 amide bonds. The van der Waals surface area contributed by atoms with Crippen LogP contribution in [0.2, 0.25) is 0 Å². The van der Waals surface area contributed by atoms with Gasteiger partial charge in [-0.1, -0.05) is 6.92 Å². The van der Waals surface area contributed by atoms with Gasteiger partial charge in [0.05, 0.1) is 19.6 Å². The third-order valence-electron chi connectivity index (χ3n) is 7.12.